The van der Waals surface area contributed by atoms with E-state index < -0.39 is 0 Å². The number of likely N-dealkylation sites (tertiary alicyclic amines) is 1. The van der Waals surface area contributed by atoms with Crippen molar-refractivity contribution in [2.75, 3.05) is 57.3 Å². The number of carbonyl (C=O) groups is 2. The second-order valence-corrected chi connectivity index (χ2v) is 7.94. The lowest BCUT2D eigenvalue weighted by Gasteiger charge is -2.40. The number of hydrogen-bond acceptors (Lipinski definition) is 3. The van der Waals surface area contributed by atoms with Gasteiger partial charge in [0, 0.05) is 69.0 Å². The molecule has 0 atom stereocenters. The van der Waals surface area contributed by atoms with Crippen LogP contribution >= 0.6 is 11.6 Å². The van der Waals surface area contributed by atoms with Crippen molar-refractivity contribution in [1.82, 2.24) is 14.7 Å². The zero-order valence-corrected chi connectivity index (χ0v) is 17.7. The van der Waals surface area contributed by atoms with E-state index in [0.29, 0.717) is 13.1 Å². The average molecular weight is 407 g/mol. The number of halogens is 1. The van der Waals surface area contributed by atoms with E-state index in [1.165, 1.54) is 0 Å². The molecule has 154 valence electrons. The number of urea groups is 1. The molecule has 0 radical (unpaired) electrons. The monoisotopic (exact) mass is 406 g/mol. The van der Waals surface area contributed by atoms with Crippen molar-refractivity contribution in [2.24, 2.45) is 5.92 Å². The van der Waals surface area contributed by atoms with E-state index in [1.54, 1.807) is 0 Å². The average Bonchev–Trinajstić information content (AvgIpc) is 2.74. The summed E-state index contributed by atoms with van der Waals surface area (Å²) >= 11 is 6.09. The molecule has 3 amide bonds. The number of anilines is 1. The number of piperazine rings is 1. The Bertz CT molecular complexity index is 679. The number of hydrogen-bond donors (Lipinski definition) is 0. The third-order valence-electron chi connectivity index (χ3n) is 5.91. The maximum atomic E-state index is 12.9. The lowest BCUT2D eigenvalue weighted by atomic mass is 9.95. The molecule has 2 fully saturated rings. The van der Waals surface area contributed by atoms with E-state index >= 15 is 0 Å². The van der Waals surface area contributed by atoms with Crippen LogP contribution in [0.25, 0.3) is 0 Å². The fourth-order valence-electron chi connectivity index (χ4n) is 4.13. The fourth-order valence-corrected chi connectivity index (χ4v) is 4.31. The standard InChI is InChI=1S/C21H31ClN4O2/c1-3-23(4-2)21(28)26-10-8-17(9-11-26)20(27)25-14-12-24(13-15-25)19-7-5-6-18(22)16-19/h5-7,16-17H,3-4,8-15H2,1-2H3. The van der Waals surface area contributed by atoms with E-state index in [1.807, 2.05) is 46.7 Å². The first-order valence-corrected chi connectivity index (χ1v) is 10.7. The molecule has 3 rings (SSSR count). The number of amides is 3. The van der Waals surface area contributed by atoms with Crippen molar-refractivity contribution < 1.29 is 9.59 Å². The molecule has 6 nitrogen and oxygen atoms in total. The van der Waals surface area contributed by atoms with Crippen LogP contribution in [0.15, 0.2) is 24.3 Å². The molecule has 0 bridgehead atoms. The highest BCUT2D eigenvalue weighted by atomic mass is 35.5. The van der Waals surface area contributed by atoms with Crippen molar-refractivity contribution in [2.45, 2.75) is 26.7 Å². The van der Waals surface area contributed by atoms with Gasteiger partial charge in [0.15, 0.2) is 0 Å². The molecule has 2 heterocycles. The second-order valence-electron chi connectivity index (χ2n) is 7.51. The Hall–Kier alpha value is -1.95. The van der Waals surface area contributed by atoms with Crippen molar-refractivity contribution in [3.05, 3.63) is 29.3 Å². The number of rotatable bonds is 4. The van der Waals surface area contributed by atoms with Crippen LogP contribution in [-0.2, 0) is 4.79 Å². The Morgan fingerprint density at radius 3 is 2.21 bits per heavy atom. The van der Waals surface area contributed by atoms with Crippen LogP contribution in [0, 0.1) is 5.92 Å². The smallest absolute Gasteiger partial charge is 0.319 e. The Morgan fingerprint density at radius 2 is 1.64 bits per heavy atom. The molecule has 2 aliphatic rings. The molecule has 0 spiro atoms. The third-order valence-corrected chi connectivity index (χ3v) is 6.15. The summed E-state index contributed by atoms with van der Waals surface area (Å²) in [5.41, 5.74) is 1.11. The topological polar surface area (TPSA) is 47.1 Å². The van der Waals surface area contributed by atoms with E-state index in [4.69, 9.17) is 11.6 Å². The van der Waals surface area contributed by atoms with Crippen LogP contribution in [0.2, 0.25) is 5.02 Å². The van der Waals surface area contributed by atoms with Gasteiger partial charge < -0.3 is 19.6 Å². The molecule has 7 heteroatoms. The van der Waals surface area contributed by atoms with Gasteiger partial charge in [0.25, 0.3) is 0 Å². The summed E-state index contributed by atoms with van der Waals surface area (Å²) in [6.45, 7) is 9.94. The minimum Gasteiger partial charge on any atom is -0.368 e. The predicted octanol–water partition coefficient (Wildman–Crippen LogP) is 3.16. The summed E-state index contributed by atoms with van der Waals surface area (Å²) < 4.78 is 0. The van der Waals surface area contributed by atoms with Crippen molar-refractivity contribution in [1.29, 1.82) is 0 Å². The molecule has 0 saturated carbocycles. The maximum Gasteiger partial charge on any atom is 0.319 e. The molecule has 1 aromatic rings. The SMILES string of the molecule is CCN(CC)C(=O)N1CCC(C(=O)N2CCN(c3cccc(Cl)c3)CC2)CC1. The summed E-state index contributed by atoms with van der Waals surface area (Å²) in [4.78, 5) is 33.4. The molecule has 2 saturated heterocycles. The minimum absolute atomic E-state index is 0.0403. The molecule has 0 N–H and O–H groups in total. The summed E-state index contributed by atoms with van der Waals surface area (Å²) in [7, 11) is 0. The zero-order valence-electron chi connectivity index (χ0n) is 16.9. The molecular formula is C21H31ClN4O2. The van der Waals surface area contributed by atoms with E-state index in [9.17, 15) is 9.59 Å². The first-order valence-electron chi connectivity index (χ1n) is 10.4. The van der Waals surface area contributed by atoms with Gasteiger partial charge in [0.05, 0.1) is 0 Å². The van der Waals surface area contributed by atoms with Gasteiger partial charge in [-0.05, 0) is 44.9 Å². The Kier molecular flexibility index (Phi) is 7.05. The quantitative estimate of drug-likeness (QED) is 0.771. The van der Waals surface area contributed by atoms with Gasteiger partial charge in [-0.15, -0.1) is 0 Å². The highest BCUT2D eigenvalue weighted by Gasteiger charge is 2.32. The number of carbonyl (C=O) groups excluding carboxylic acids is 2. The summed E-state index contributed by atoms with van der Waals surface area (Å²) in [5.74, 6) is 0.291. The molecule has 0 unspecified atom stereocenters. The first kappa shape index (κ1) is 20.8. The van der Waals surface area contributed by atoms with Crippen LogP contribution in [0.4, 0.5) is 10.5 Å². The zero-order chi connectivity index (χ0) is 20.1. The highest BCUT2D eigenvalue weighted by molar-refractivity contribution is 6.30. The van der Waals surface area contributed by atoms with Crippen LogP contribution in [0.5, 0.6) is 0 Å². The van der Waals surface area contributed by atoms with Gasteiger partial charge in [-0.25, -0.2) is 4.79 Å². The summed E-state index contributed by atoms with van der Waals surface area (Å²) in [5, 5.41) is 0.738. The van der Waals surface area contributed by atoms with Gasteiger partial charge >= 0.3 is 6.03 Å². The van der Waals surface area contributed by atoms with Crippen LogP contribution in [0.1, 0.15) is 26.7 Å². The summed E-state index contributed by atoms with van der Waals surface area (Å²) in [6.07, 6.45) is 1.53. The van der Waals surface area contributed by atoms with Gasteiger partial charge in [0.1, 0.15) is 0 Å². The Morgan fingerprint density at radius 1 is 1.00 bits per heavy atom. The van der Waals surface area contributed by atoms with Gasteiger partial charge in [-0.2, -0.15) is 0 Å². The van der Waals surface area contributed by atoms with E-state index in [0.717, 1.165) is 62.8 Å². The number of nitrogens with zero attached hydrogens (tertiary/aromatic N) is 4. The van der Waals surface area contributed by atoms with Crippen molar-refractivity contribution >= 4 is 29.2 Å². The van der Waals surface area contributed by atoms with Crippen molar-refractivity contribution in [3.8, 4) is 0 Å². The number of benzene rings is 1. The Balaban J connectivity index is 1.48. The van der Waals surface area contributed by atoms with Gasteiger partial charge in [-0.1, -0.05) is 17.7 Å². The third kappa shape index (κ3) is 4.72. The second kappa shape index (κ2) is 9.50. The molecule has 0 aromatic heterocycles. The van der Waals surface area contributed by atoms with Crippen LogP contribution < -0.4 is 4.90 Å². The van der Waals surface area contributed by atoms with Gasteiger partial charge in [0.2, 0.25) is 5.91 Å². The van der Waals surface area contributed by atoms with Crippen LogP contribution in [-0.4, -0.2) is 79.0 Å². The predicted molar refractivity (Wildman–Crippen MR) is 113 cm³/mol. The normalized spacial score (nSPS) is 18.3. The molecule has 28 heavy (non-hydrogen) atoms. The molecule has 0 aliphatic carbocycles. The first-order chi connectivity index (χ1) is 13.5. The Labute approximate surface area is 173 Å². The molecule has 1 aromatic carbocycles. The van der Waals surface area contributed by atoms with Crippen molar-refractivity contribution in [3.63, 3.8) is 0 Å². The van der Waals surface area contributed by atoms with Crippen LogP contribution in [0.3, 0.4) is 0 Å². The van der Waals surface area contributed by atoms with E-state index in [-0.39, 0.29) is 17.9 Å². The lowest BCUT2D eigenvalue weighted by molar-refractivity contribution is -0.137. The largest absolute Gasteiger partial charge is 0.368 e. The van der Waals surface area contributed by atoms with Gasteiger partial charge in [-0.3, -0.25) is 4.79 Å². The fraction of sp³-hybridized carbons (Fsp3) is 0.619. The molecule has 2 aliphatic heterocycles. The lowest BCUT2D eigenvalue weighted by Crippen LogP contribution is -2.53. The maximum absolute atomic E-state index is 12.9. The minimum atomic E-state index is 0.0403. The highest BCUT2D eigenvalue weighted by Crippen LogP contribution is 2.24. The summed E-state index contributed by atoms with van der Waals surface area (Å²) in [6, 6.07) is 7.98. The molecular weight excluding hydrogens is 376 g/mol. The number of piperidine rings is 1. The van der Waals surface area contributed by atoms with E-state index in [2.05, 4.69) is 11.0 Å².